The lowest BCUT2D eigenvalue weighted by molar-refractivity contribution is -0.200. The number of hydrogen-bond donors (Lipinski definition) is 2. The first-order valence-corrected chi connectivity index (χ1v) is 8.08. The molecule has 130 valence electrons. The molecule has 23 heavy (non-hydrogen) atoms. The van der Waals surface area contributed by atoms with Gasteiger partial charge in [0.25, 0.3) is 6.29 Å². The van der Waals surface area contributed by atoms with Gasteiger partial charge in [0.05, 0.1) is 24.7 Å². The van der Waals surface area contributed by atoms with Gasteiger partial charge in [-0.05, 0) is 17.6 Å². The van der Waals surface area contributed by atoms with Crippen molar-refractivity contribution in [3.8, 4) is 0 Å². The van der Waals surface area contributed by atoms with E-state index >= 15 is 0 Å². The van der Waals surface area contributed by atoms with Gasteiger partial charge in [0.15, 0.2) is 0 Å². The Hall–Kier alpha value is -1.08. The molecule has 0 saturated heterocycles. The lowest BCUT2D eigenvalue weighted by Gasteiger charge is -2.39. The summed E-state index contributed by atoms with van der Waals surface area (Å²) in [6, 6.07) is 0. The van der Waals surface area contributed by atoms with Crippen LogP contribution >= 0.6 is 11.6 Å². The molecular weight excluding hydrogens is 324 g/mol. The normalized spacial score (nSPS) is 32.9. The second-order valence-corrected chi connectivity index (χ2v) is 6.54. The van der Waals surface area contributed by atoms with Gasteiger partial charge < -0.3 is 24.4 Å². The maximum atomic E-state index is 12.0. The highest BCUT2D eigenvalue weighted by molar-refractivity contribution is 6.18. The van der Waals surface area contributed by atoms with Crippen molar-refractivity contribution in [3.63, 3.8) is 0 Å². The minimum Gasteiger partial charge on any atom is -0.461 e. The van der Waals surface area contributed by atoms with E-state index in [0.717, 1.165) is 0 Å². The van der Waals surface area contributed by atoms with Gasteiger partial charge in [0.1, 0.15) is 11.7 Å². The molecule has 1 aliphatic heterocycles. The summed E-state index contributed by atoms with van der Waals surface area (Å²) in [6.45, 7) is 3.55. The van der Waals surface area contributed by atoms with E-state index in [9.17, 15) is 15.0 Å². The quantitative estimate of drug-likeness (QED) is 0.558. The Morgan fingerprint density at radius 2 is 2.22 bits per heavy atom. The second kappa shape index (κ2) is 7.21. The maximum absolute atomic E-state index is 12.0. The van der Waals surface area contributed by atoms with Gasteiger partial charge in [0, 0.05) is 19.1 Å². The number of carbonyl (C=O) groups is 1. The average molecular weight is 347 g/mol. The maximum Gasteiger partial charge on any atom is 0.309 e. The number of aliphatic hydroxyl groups is 2. The highest BCUT2D eigenvalue weighted by atomic mass is 35.5. The van der Waals surface area contributed by atoms with Crippen LogP contribution in [0.2, 0.25) is 0 Å². The molecule has 0 aromatic heterocycles. The van der Waals surface area contributed by atoms with Crippen molar-refractivity contribution < 1.29 is 29.2 Å². The number of alkyl halides is 1. The Labute approximate surface area is 140 Å². The highest BCUT2D eigenvalue weighted by Crippen LogP contribution is 2.46. The smallest absolute Gasteiger partial charge is 0.309 e. The van der Waals surface area contributed by atoms with Gasteiger partial charge in [0.2, 0.25) is 0 Å². The van der Waals surface area contributed by atoms with Gasteiger partial charge in [-0.2, -0.15) is 0 Å². The van der Waals surface area contributed by atoms with Crippen molar-refractivity contribution in [3.05, 3.63) is 23.5 Å². The minimum atomic E-state index is -1.48. The van der Waals surface area contributed by atoms with Crippen molar-refractivity contribution in [2.24, 2.45) is 11.8 Å². The van der Waals surface area contributed by atoms with E-state index in [0.29, 0.717) is 11.1 Å². The van der Waals surface area contributed by atoms with Crippen LogP contribution in [0.15, 0.2) is 23.5 Å². The molecule has 1 aliphatic carbocycles. The summed E-state index contributed by atoms with van der Waals surface area (Å²) in [5.74, 6) is -1.11. The average Bonchev–Trinajstić information content (AvgIpc) is 2.81. The monoisotopic (exact) mass is 346 g/mol. The van der Waals surface area contributed by atoms with Crippen molar-refractivity contribution in [2.75, 3.05) is 19.6 Å². The van der Waals surface area contributed by atoms with Crippen molar-refractivity contribution in [1.82, 2.24) is 0 Å². The zero-order valence-electron chi connectivity index (χ0n) is 13.5. The van der Waals surface area contributed by atoms with Crippen molar-refractivity contribution in [2.45, 2.75) is 38.3 Å². The molecule has 2 aliphatic rings. The molecule has 0 saturated carbocycles. The summed E-state index contributed by atoms with van der Waals surface area (Å²) in [6.07, 6.45) is 1.60. The minimum absolute atomic E-state index is 0.128. The molecule has 0 fully saturated rings. The largest absolute Gasteiger partial charge is 0.461 e. The number of ether oxygens (including phenoxy) is 3. The van der Waals surface area contributed by atoms with Crippen LogP contribution in [0, 0.1) is 11.8 Å². The number of halogens is 1. The molecule has 0 amide bonds. The summed E-state index contributed by atoms with van der Waals surface area (Å²) < 4.78 is 16.2. The lowest BCUT2D eigenvalue weighted by Crippen LogP contribution is -2.53. The predicted molar refractivity (Wildman–Crippen MR) is 83.6 cm³/mol. The van der Waals surface area contributed by atoms with E-state index in [2.05, 4.69) is 0 Å². The molecule has 0 aromatic rings. The fourth-order valence-electron chi connectivity index (χ4n) is 3.01. The molecule has 6 nitrogen and oxygen atoms in total. The third kappa shape index (κ3) is 3.40. The van der Waals surface area contributed by atoms with Crippen LogP contribution in [0.4, 0.5) is 0 Å². The summed E-state index contributed by atoms with van der Waals surface area (Å²) >= 11 is 5.98. The Kier molecular flexibility index (Phi) is 5.73. The van der Waals surface area contributed by atoms with Crippen LogP contribution in [0.25, 0.3) is 0 Å². The van der Waals surface area contributed by atoms with Gasteiger partial charge in [-0.3, -0.25) is 4.79 Å². The first-order chi connectivity index (χ1) is 10.9. The number of carbonyl (C=O) groups excluding carboxylic acids is 1. The Morgan fingerprint density at radius 1 is 1.52 bits per heavy atom. The molecule has 7 heteroatoms. The van der Waals surface area contributed by atoms with Crippen molar-refractivity contribution in [1.29, 1.82) is 0 Å². The Morgan fingerprint density at radius 3 is 2.74 bits per heavy atom. The third-order valence-corrected chi connectivity index (χ3v) is 4.57. The molecule has 0 spiro atoms. The van der Waals surface area contributed by atoms with Crippen LogP contribution < -0.4 is 0 Å². The highest BCUT2D eigenvalue weighted by Gasteiger charge is 2.56. The number of aliphatic hydroxyl groups excluding tert-OH is 1. The SMILES string of the molecule is COC1C=C2C(CO)=COC(OC(=O)CC(C)C)C2C1(O)CCl. The predicted octanol–water partition coefficient (Wildman–Crippen LogP) is 1.35. The number of rotatable bonds is 6. The van der Waals surface area contributed by atoms with E-state index in [4.69, 9.17) is 25.8 Å². The molecule has 2 N–H and O–H groups in total. The number of methoxy groups -OCH3 is 1. The zero-order chi connectivity index (χ0) is 17.2. The van der Waals surface area contributed by atoms with Gasteiger partial charge >= 0.3 is 5.97 Å². The fourth-order valence-corrected chi connectivity index (χ4v) is 3.33. The summed E-state index contributed by atoms with van der Waals surface area (Å²) in [5, 5.41) is 20.4. The Balaban J connectivity index is 2.30. The molecular formula is C16H23ClO6. The second-order valence-electron chi connectivity index (χ2n) is 6.27. The van der Waals surface area contributed by atoms with Crippen LogP contribution in [-0.2, 0) is 19.0 Å². The topological polar surface area (TPSA) is 85.2 Å². The van der Waals surface area contributed by atoms with Crippen LogP contribution in [0.5, 0.6) is 0 Å². The molecule has 4 unspecified atom stereocenters. The van der Waals surface area contributed by atoms with Gasteiger partial charge in [-0.15, -0.1) is 11.6 Å². The van der Waals surface area contributed by atoms with E-state index in [1.54, 1.807) is 6.08 Å². The summed E-state index contributed by atoms with van der Waals surface area (Å²) in [7, 11) is 1.46. The molecule has 4 atom stereocenters. The molecule has 0 bridgehead atoms. The van der Waals surface area contributed by atoms with E-state index < -0.39 is 29.9 Å². The number of esters is 1. The first kappa shape index (κ1) is 18.3. The Bertz CT molecular complexity index is 515. The van der Waals surface area contributed by atoms with E-state index in [-0.39, 0.29) is 24.8 Å². The molecule has 1 heterocycles. The number of hydrogen-bond acceptors (Lipinski definition) is 6. The molecule has 0 radical (unpaired) electrons. The van der Waals surface area contributed by atoms with Crippen molar-refractivity contribution >= 4 is 17.6 Å². The molecule has 2 rings (SSSR count). The lowest BCUT2D eigenvalue weighted by atomic mass is 9.83. The standard InChI is InChI=1S/C16H23ClO6/c1-9(2)4-13(19)23-15-14-11(10(6-18)7-22-15)5-12(21-3)16(14,20)8-17/h5,7,9,12,14-15,18,20H,4,6,8H2,1-3H3. The fraction of sp³-hybridized carbons (Fsp3) is 0.688. The summed E-state index contributed by atoms with van der Waals surface area (Å²) in [5.41, 5.74) is -0.339. The van der Waals surface area contributed by atoms with Crippen LogP contribution in [0.3, 0.4) is 0 Å². The molecule has 0 aromatic carbocycles. The van der Waals surface area contributed by atoms with Gasteiger partial charge in [-0.25, -0.2) is 0 Å². The van der Waals surface area contributed by atoms with Gasteiger partial charge in [-0.1, -0.05) is 13.8 Å². The third-order valence-electron chi connectivity index (χ3n) is 4.15. The van der Waals surface area contributed by atoms with Crippen LogP contribution in [-0.4, -0.2) is 53.8 Å². The zero-order valence-corrected chi connectivity index (χ0v) is 14.2. The van der Waals surface area contributed by atoms with E-state index in [1.165, 1.54) is 13.4 Å². The first-order valence-electron chi connectivity index (χ1n) is 7.55. The van der Waals surface area contributed by atoms with E-state index in [1.807, 2.05) is 13.8 Å². The van der Waals surface area contributed by atoms with Crippen LogP contribution in [0.1, 0.15) is 20.3 Å². The number of fused-ring (bicyclic) bond motifs is 1. The summed E-state index contributed by atoms with van der Waals surface area (Å²) in [4.78, 5) is 12.0.